The predicted octanol–water partition coefficient (Wildman–Crippen LogP) is 5.08. The second kappa shape index (κ2) is 8.39. The fraction of sp³-hybridized carbons (Fsp3) is 0.167. The molecule has 31 heavy (non-hydrogen) atoms. The van der Waals surface area contributed by atoms with Crippen LogP contribution in [0.15, 0.2) is 59.0 Å². The molecule has 158 valence electrons. The van der Waals surface area contributed by atoms with E-state index in [1.165, 1.54) is 0 Å². The van der Waals surface area contributed by atoms with Gasteiger partial charge in [-0.05, 0) is 48.9 Å². The second-order valence-corrected chi connectivity index (χ2v) is 6.94. The van der Waals surface area contributed by atoms with Crippen molar-refractivity contribution >= 4 is 22.7 Å². The van der Waals surface area contributed by atoms with E-state index in [0.717, 1.165) is 11.1 Å². The van der Waals surface area contributed by atoms with Gasteiger partial charge in [-0.2, -0.15) is 0 Å². The van der Waals surface area contributed by atoms with Gasteiger partial charge in [-0.25, -0.2) is 4.98 Å². The first-order valence-corrected chi connectivity index (χ1v) is 9.60. The molecule has 1 amide bonds. The largest absolute Gasteiger partial charge is 0.497 e. The second-order valence-electron chi connectivity index (χ2n) is 6.94. The molecule has 7 heteroatoms. The van der Waals surface area contributed by atoms with Crippen molar-refractivity contribution < 1.29 is 23.4 Å². The molecule has 1 aromatic heterocycles. The molecule has 4 rings (SSSR count). The highest BCUT2D eigenvalue weighted by Gasteiger charge is 2.14. The van der Waals surface area contributed by atoms with Crippen LogP contribution >= 0.6 is 0 Å². The molecule has 4 aromatic rings. The van der Waals surface area contributed by atoms with Gasteiger partial charge in [-0.15, -0.1) is 0 Å². The zero-order valence-electron chi connectivity index (χ0n) is 17.7. The van der Waals surface area contributed by atoms with Gasteiger partial charge in [0.05, 0.1) is 21.3 Å². The Labute approximate surface area is 179 Å². The number of oxazole rings is 1. The van der Waals surface area contributed by atoms with Gasteiger partial charge in [0, 0.05) is 28.9 Å². The molecule has 0 unspecified atom stereocenters. The maximum Gasteiger partial charge on any atom is 0.255 e. The minimum Gasteiger partial charge on any atom is -0.497 e. The molecule has 0 saturated heterocycles. The monoisotopic (exact) mass is 418 g/mol. The number of ether oxygens (including phenoxy) is 3. The van der Waals surface area contributed by atoms with Crippen LogP contribution in [0.1, 0.15) is 15.9 Å². The maximum absolute atomic E-state index is 12.9. The first-order chi connectivity index (χ1) is 15.0. The molecule has 0 aliphatic heterocycles. The highest BCUT2D eigenvalue weighted by atomic mass is 16.5. The van der Waals surface area contributed by atoms with E-state index in [0.29, 0.717) is 45.5 Å². The summed E-state index contributed by atoms with van der Waals surface area (Å²) in [6, 6.07) is 16.1. The predicted molar refractivity (Wildman–Crippen MR) is 118 cm³/mol. The summed E-state index contributed by atoms with van der Waals surface area (Å²) in [7, 11) is 4.69. The van der Waals surface area contributed by atoms with Crippen LogP contribution < -0.4 is 19.5 Å². The van der Waals surface area contributed by atoms with Crippen LogP contribution in [0, 0.1) is 6.92 Å². The number of rotatable bonds is 6. The molecule has 0 aliphatic rings. The summed E-state index contributed by atoms with van der Waals surface area (Å²) in [5.41, 5.74) is 4.09. The number of methoxy groups -OCH3 is 3. The van der Waals surface area contributed by atoms with Crippen LogP contribution in [0.4, 0.5) is 5.69 Å². The van der Waals surface area contributed by atoms with E-state index in [4.69, 9.17) is 18.6 Å². The average molecular weight is 418 g/mol. The van der Waals surface area contributed by atoms with Crippen molar-refractivity contribution in [1.29, 1.82) is 0 Å². The number of aryl methyl sites for hydroxylation is 1. The summed E-state index contributed by atoms with van der Waals surface area (Å²) in [5, 5.41) is 2.95. The van der Waals surface area contributed by atoms with E-state index < -0.39 is 0 Å². The van der Waals surface area contributed by atoms with Crippen LogP contribution in [0.5, 0.6) is 17.2 Å². The van der Waals surface area contributed by atoms with Crippen molar-refractivity contribution in [2.75, 3.05) is 26.6 Å². The Morgan fingerprint density at radius 3 is 2.26 bits per heavy atom. The molecule has 1 heterocycles. The van der Waals surface area contributed by atoms with Crippen molar-refractivity contribution in [3.63, 3.8) is 0 Å². The molecule has 0 aliphatic carbocycles. The average Bonchev–Trinajstić information content (AvgIpc) is 3.23. The van der Waals surface area contributed by atoms with Gasteiger partial charge in [-0.1, -0.05) is 6.07 Å². The lowest BCUT2D eigenvalue weighted by Gasteiger charge is -2.11. The molecule has 1 N–H and O–H groups in total. The number of benzene rings is 3. The lowest BCUT2D eigenvalue weighted by Crippen LogP contribution is -2.13. The quantitative estimate of drug-likeness (QED) is 0.470. The first kappa shape index (κ1) is 20.3. The van der Waals surface area contributed by atoms with E-state index in [1.807, 2.05) is 43.3 Å². The fourth-order valence-electron chi connectivity index (χ4n) is 3.18. The number of hydrogen-bond acceptors (Lipinski definition) is 6. The molecule has 0 radical (unpaired) electrons. The van der Waals surface area contributed by atoms with Gasteiger partial charge in [0.25, 0.3) is 5.91 Å². The van der Waals surface area contributed by atoms with E-state index in [2.05, 4.69) is 10.3 Å². The SMILES string of the molecule is COc1cc(OC)cc(C(=O)Nc2cc(-c3nc4cc(OC)ccc4o3)ccc2C)c1. The van der Waals surface area contributed by atoms with Gasteiger partial charge in [0.15, 0.2) is 5.58 Å². The van der Waals surface area contributed by atoms with Crippen LogP contribution in [0.25, 0.3) is 22.6 Å². The van der Waals surface area contributed by atoms with Crippen molar-refractivity contribution in [2.45, 2.75) is 6.92 Å². The van der Waals surface area contributed by atoms with Crippen molar-refractivity contribution in [2.24, 2.45) is 0 Å². The van der Waals surface area contributed by atoms with Crippen LogP contribution in [-0.4, -0.2) is 32.2 Å². The number of hydrogen-bond donors (Lipinski definition) is 1. The Kier molecular flexibility index (Phi) is 5.49. The fourth-order valence-corrected chi connectivity index (χ4v) is 3.18. The Morgan fingerprint density at radius 2 is 1.58 bits per heavy atom. The van der Waals surface area contributed by atoms with Gasteiger partial charge < -0.3 is 23.9 Å². The molecule has 0 spiro atoms. The van der Waals surface area contributed by atoms with Gasteiger partial charge in [-0.3, -0.25) is 4.79 Å². The smallest absolute Gasteiger partial charge is 0.255 e. The van der Waals surface area contributed by atoms with Crippen molar-refractivity contribution in [3.8, 4) is 28.7 Å². The van der Waals surface area contributed by atoms with Crippen molar-refractivity contribution in [3.05, 3.63) is 65.7 Å². The third-order valence-electron chi connectivity index (χ3n) is 4.94. The zero-order chi connectivity index (χ0) is 22.0. The highest BCUT2D eigenvalue weighted by Crippen LogP contribution is 2.30. The number of nitrogens with one attached hydrogen (secondary N) is 1. The molecule has 3 aromatic carbocycles. The van der Waals surface area contributed by atoms with Gasteiger partial charge in [0.2, 0.25) is 5.89 Å². The van der Waals surface area contributed by atoms with Gasteiger partial charge >= 0.3 is 0 Å². The molecular weight excluding hydrogens is 396 g/mol. The standard InChI is InChI=1S/C24H22N2O5/c1-14-5-6-15(24-26-21-13-17(28-2)7-8-22(21)31-24)11-20(14)25-23(27)16-9-18(29-3)12-19(10-16)30-4/h5-13H,1-4H3,(H,25,27). The summed E-state index contributed by atoms with van der Waals surface area (Å²) in [4.78, 5) is 17.4. The topological polar surface area (TPSA) is 82.8 Å². The third kappa shape index (κ3) is 4.16. The number of aromatic nitrogens is 1. The molecule has 0 atom stereocenters. The summed E-state index contributed by atoms with van der Waals surface area (Å²) >= 11 is 0. The molecule has 0 saturated carbocycles. The number of nitrogens with zero attached hydrogens (tertiary/aromatic N) is 1. The van der Waals surface area contributed by atoms with E-state index in [9.17, 15) is 4.79 Å². The molecule has 0 bridgehead atoms. The van der Waals surface area contributed by atoms with E-state index >= 15 is 0 Å². The first-order valence-electron chi connectivity index (χ1n) is 9.60. The Bertz CT molecular complexity index is 1240. The summed E-state index contributed by atoms with van der Waals surface area (Å²) in [6.07, 6.45) is 0. The van der Waals surface area contributed by atoms with Crippen molar-refractivity contribution in [1.82, 2.24) is 4.98 Å². The summed E-state index contributed by atoms with van der Waals surface area (Å²) in [6.45, 7) is 1.92. The number of amides is 1. The van der Waals surface area contributed by atoms with Crippen LogP contribution in [-0.2, 0) is 0 Å². The minimum atomic E-state index is -0.278. The number of carbonyl (C=O) groups is 1. The maximum atomic E-state index is 12.9. The zero-order valence-corrected chi connectivity index (χ0v) is 17.7. The molecular formula is C24H22N2O5. The molecule has 0 fully saturated rings. The minimum absolute atomic E-state index is 0.278. The highest BCUT2D eigenvalue weighted by molar-refractivity contribution is 6.05. The van der Waals surface area contributed by atoms with E-state index in [-0.39, 0.29) is 5.91 Å². The molecule has 7 nitrogen and oxygen atoms in total. The summed E-state index contributed by atoms with van der Waals surface area (Å²) < 4.78 is 21.6. The number of anilines is 1. The Morgan fingerprint density at radius 1 is 0.871 bits per heavy atom. The Hall–Kier alpha value is -4.00. The third-order valence-corrected chi connectivity index (χ3v) is 4.94. The normalized spacial score (nSPS) is 10.7. The van der Waals surface area contributed by atoms with Crippen LogP contribution in [0.3, 0.4) is 0 Å². The summed E-state index contributed by atoms with van der Waals surface area (Å²) in [5.74, 6) is 1.97. The lowest BCUT2D eigenvalue weighted by molar-refractivity contribution is 0.102. The Balaban J connectivity index is 1.65. The van der Waals surface area contributed by atoms with Crippen LogP contribution in [0.2, 0.25) is 0 Å². The lowest BCUT2D eigenvalue weighted by atomic mass is 10.1. The number of carbonyl (C=O) groups excluding carboxylic acids is 1. The van der Waals surface area contributed by atoms with E-state index in [1.54, 1.807) is 39.5 Å². The number of fused-ring (bicyclic) bond motifs is 1. The van der Waals surface area contributed by atoms with Gasteiger partial charge in [0.1, 0.15) is 22.8 Å².